The Hall–Kier alpha value is -2.56. The van der Waals surface area contributed by atoms with Crippen molar-refractivity contribution in [3.8, 4) is 0 Å². The summed E-state index contributed by atoms with van der Waals surface area (Å²) in [5, 5.41) is 14.0. The van der Waals surface area contributed by atoms with Gasteiger partial charge in [0.1, 0.15) is 11.6 Å². The largest absolute Gasteiger partial charge is 0.480 e. The molecule has 1 unspecified atom stereocenters. The van der Waals surface area contributed by atoms with Gasteiger partial charge in [0.05, 0.1) is 0 Å². The van der Waals surface area contributed by atoms with Crippen molar-refractivity contribution in [1.82, 2.24) is 5.32 Å². The minimum atomic E-state index is -1.09. The summed E-state index contributed by atoms with van der Waals surface area (Å²) in [6.45, 7) is 7.14. The van der Waals surface area contributed by atoms with E-state index in [-0.39, 0.29) is 6.42 Å². The molecule has 2 N–H and O–H groups in total. The van der Waals surface area contributed by atoms with E-state index in [4.69, 9.17) is 4.74 Å². The molecule has 0 spiro atoms. The van der Waals surface area contributed by atoms with Crippen LogP contribution in [-0.2, 0) is 16.0 Å². The number of rotatable bonds is 4. The molecule has 128 valence electrons. The van der Waals surface area contributed by atoms with Crippen LogP contribution >= 0.6 is 0 Å². The highest BCUT2D eigenvalue weighted by Gasteiger charge is 2.25. The van der Waals surface area contributed by atoms with Crippen LogP contribution in [0.4, 0.5) is 4.79 Å². The molecule has 24 heavy (non-hydrogen) atoms. The molecule has 0 aliphatic heterocycles. The molecular formula is C19H23NO4. The number of carboxylic acids is 1. The highest BCUT2D eigenvalue weighted by Crippen LogP contribution is 2.23. The molecule has 0 aliphatic carbocycles. The third-order valence-corrected chi connectivity index (χ3v) is 3.67. The summed E-state index contributed by atoms with van der Waals surface area (Å²) < 4.78 is 5.16. The number of carbonyl (C=O) groups excluding carboxylic acids is 1. The van der Waals surface area contributed by atoms with Crippen LogP contribution in [0.1, 0.15) is 31.9 Å². The molecule has 0 aromatic heterocycles. The predicted octanol–water partition coefficient (Wildman–Crippen LogP) is 3.67. The van der Waals surface area contributed by atoms with Crippen molar-refractivity contribution in [2.24, 2.45) is 0 Å². The van der Waals surface area contributed by atoms with Crippen LogP contribution in [0.3, 0.4) is 0 Å². The summed E-state index contributed by atoms with van der Waals surface area (Å²) in [4.78, 5) is 23.5. The van der Waals surface area contributed by atoms with Crippen molar-refractivity contribution in [3.63, 3.8) is 0 Å². The molecule has 5 heteroatoms. The van der Waals surface area contributed by atoms with Crippen molar-refractivity contribution in [2.45, 2.75) is 45.8 Å². The summed E-state index contributed by atoms with van der Waals surface area (Å²) in [5.41, 5.74) is 1.23. The number of hydrogen-bond donors (Lipinski definition) is 2. The highest BCUT2D eigenvalue weighted by molar-refractivity contribution is 5.88. The molecule has 1 atom stereocenters. The third kappa shape index (κ3) is 4.47. The molecule has 0 heterocycles. The van der Waals surface area contributed by atoms with E-state index in [1.807, 2.05) is 43.3 Å². The predicted molar refractivity (Wildman–Crippen MR) is 93.2 cm³/mol. The second-order valence-electron chi connectivity index (χ2n) is 6.82. The Morgan fingerprint density at radius 1 is 1.17 bits per heavy atom. The first kappa shape index (κ1) is 17.8. The van der Waals surface area contributed by atoms with Crippen molar-refractivity contribution >= 4 is 22.8 Å². The van der Waals surface area contributed by atoms with Gasteiger partial charge in [-0.1, -0.05) is 36.4 Å². The zero-order chi connectivity index (χ0) is 17.9. The van der Waals surface area contributed by atoms with Gasteiger partial charge in [0, 0.05) is 6.42 Å². The van der Waals surface area contributed by atoms with Gasteiger partial charge < -0.3 is 15.2 Å². The summed E-state index contributed by atoms with van der Waals surface area (Å²) in [6, 6.07) is 10.7. The number of benzene rings is 2. The third-order valence-electron chi connectivity index (χ3n) is 3.67. The summed E-state index contributed by atoms with van der Waals surface area (Å²) >= 11 is 0. The Morgan fingerprint density at radius 2 is 1.83 bits per heavy atom. The maximum absolute atomic E-state index is 11.9. The Bertz CT molecular complexity index is 762. The van der Waals surface area contributed by atoms with Crippen LogP contribution in [-0.4, -0.2) is 28.8 Å². The summed E-state index contributed by atoms with van der Waals surface area (Å²) in [5.74, 6) is -1.09. The van der Waals surface area contributed by atoms with Crippen molar-refractivity contribution < 1.29 is 19.4 Å². The smallest absolute Gasteiger partial charge is 0.408 e. The topological polar surface area (TPSA) is 75.6 Å². The normalized spacial score (nSPS) is 12.7. The standard InChI is InChI=1S/C19H23NO4/c1-12-9-10-13-7-5-6-8-14(13)15(12)11-16(17(21)22)20-18(23)24-19(2,3)4/h5-10,16H,11H2,1-4H3,(H,20,23)(H,21,22). The van der Waals surface area contributed by atoms with E-state index in [1.54, 1.807) is 20.8 Å². The molecular weight excluding hydrogens is 306 g/mol. The maximum atomic E-state index is 11.9. The van der Waals surface area contributed by atoms with Crippen molar-refractivity contribution in [1.29, 1.82) is 0 Å². The fraction of sp³-hybridized carbons (Fsp3) is 0.368. The lowest BCUT2D eigenvalue weighted by Gasteiger charge is -2.22. The number of carbonyl (C=O) groups is 2. The van der Waals surface area contributed by atoms with Gasteiger partial charge in [-0.25, -0.2) is 9.59 Å². The van der Waals surface area contributed by atoms with E-state index in [1.165, 1.54) is 0 Å². The minimum absolute atomic E-state index is 0.196. The molecule has 0 radical (unpaired) electrons. The van der Waals surface area contributed by atoms with E-state index in [0.29, 0.717) is 0 Å². The first-order chi connectivity index (χ1) is 11.2. The van der Waals surface area contributed by atoms with Crippen LogP contribution < -0.4 is 5.32 Å². The number of hydrogen-bond acceptors (Lipinski definition) is 3. The molecule has 1 amide bonds. The van der Waals surface area contributed by atoms with Crippen molar-refractivity contribution in [2.75, 3.05) is 0 Å². The van der Waals surface area contributed by atoms with Gasteiger partial charge in [-0.05, 0) is 49.6 Å². The lowest BCUT2D eigenvalue weighted by Crippen LogP contribution is -2.44. The number of fused-ring (bicyclic) bond motifs is 1. The van der Waals surface area contributed by atoms with Gasteiger partial charge >= 0.3 is 12.1 Å². The van der Waals surface area contributed by atoms with Gasteiger partial charge in [0.2, 0.25) is 0 Å². The second-order valence-corrected chi connectivity index (χ2v) is 6.82. The monoisotopic (exact) mass is 329 g/mol. The Morgan fingerprint density at radius 3 is 2.46 bits per heavy atom. The summed E-state index contributed by atoms with van der Waals surface area (Å²) in [6.07, 6.45) is -0.533. The van der Waals surface area contributed by atoms with E-state index in [2.05, 4.69) is 5.32 Å². The Balaban J connectivity index is 2.27. The molecule has 0 bridgehead atoms. The Kier molecular flexibility index (Phi) is 5.12. The minimum Gasteiger partial charge on any atom is -0.480 e. The van der Waals surface area contributed by atoms with E-state index in [0.717, 1.165) is 21.9 Å². The summed E-state index contributed by atoms with van der Waals surface area (Å²) in [7, 11) is 0. The molecule has 0 aliphatic rings. The molecule has 2 aromatic carbocycles. The number of amides is 1. The van der Waals surface area contributed by atoms with Gasteiger partial charge in [0.25, 0.3) is 0 Å². The number of aliphatic carboxylic acids is 1. The highest BCUT2D eigenvalue weighted by atomic mass is 16.6. The lowest BCUT2D eigenvalue weighted by molar-refractivity contribution is -0.139. The number of nitrogens with one attached hydrogen (secondary N) is 1. The van der Waals surface area contributed by atoms with Crippen LogP contribution in [0, 0.1) is 6.92 Å². The molecule has 0 saturated heterocycles. The van der Waals surface area contributed by atoms with E-state index < -0.39 is 23.7 Å². The quantitative estimate of drug-likeness (QED) is 0.897. The van der Waals surface area contributed by atoms with Gasteiger partial charge in [-0.2, -0.15) is 0 Å². The van der Waals surface area contributed by atoms with Gasteiger partial charge in [0.15, 0.2) is 0 Å². The van der Waals surface area contributed by atoms with Gasteiger partial charge in [-0.15, -0.1) is 0 Å². The molecule has 0 saturated carbocycles. The average Bonchev–Trinajstić information content (AvgIpc) is 2.47. The number of aryl methyl sites for hydroxylation is 1. The van der Waals surface area contributed by atoms with Crippen LogP contribution in [0.25, 0.3) is 10.8 Å². The molecule has 2 rings (SSSR count). The van der Waals surface area contributed by atoms with E-state index >= 15 is 0 Å². The first-order valence-corrected chi connectivity index (χ1v) is 7.87. The number of alkyl carbamates (subject to hydrolysis) is 1. The molecule has 5 nitrogen and oxygen atoms in total. The van der Waals surface area contributed by atoms with Gasteiger partial charge in [-0.3, -0.25) is 0 Å². The zero-order valence-corrected chi connectivity index (χ0v) is 14.4. The SMILES string of the molecule is Cc1ccc2ccccc2c1CC(NC(=O)OC(C)(C)C)C(=O)O. The Labute approximate surface area is 141 Å². The molecule has 2 aromatic rings. The van der Waals surface area contributed by atoms with Crippen LogP contribution in [0.2, 0.25) is 0 Å². The van der Waals surface area contributed by atoms with E-state index in [9.17, 15) is 14.7 Å². The lowest BCUT2D eigenvalue weighted by atomic mass is 9.94. The fourth-order valence-electron chi connectivity index (χ4n) is 2.57. The second kappa shape index (κ2) is 6.91. The maximum Gasteiger partial charge on any atom is 0.408 e. The average molecular weight is 329 g/mol. The fourth-order valence-corrected chi connectivity index (χ4v) is 2.57. The van der Waals surface area contributed by atoms with Crippen LogP contribution in [0.5, 0.6) is 0 Å². The number of ether oxygens (including phenoxy) is 1. The van der Waals surface area contributed by atoms with Crippen molar-refractivity contribution in [3.05, 3.63) is 47.5 Å². The number of carboxylic acid groups (broad SMARTS) is 1. The first-order valence-electron chi connectivity index (χ1n) is 7.87. The zero-order valence-electron chi connectivity index (χ0n) is 14.4. The molecule has 0 fully saturated rings. The van der Waals surface area contributed by atoms with Crippen LogP contribution in [0.15, 0.2) is 36.4 Å².